The molecule has 0 spiro atoms. The van der Waals surface area contributed by atoms with Gasteiger partial charge in [0.1, 0.15) is 0 Å². The normalized spacial score (nSPS) is 12.1. The van der Waals surface area contributed by atoms with Crippen molar-refractivity contribution < 1.29 is 0 Å². The molecule has 0 fully saturated rings. The van der Waals surface area contributed by atoms with Gasteiger partial charge in [0.05, 0.1) is 5.69 Å². The average molecular weight is 341 g/mol. The highest BCUT2D eigenvalue weighted by atomic mass is 15.0. The Morgan fingerprint density at radius 1 is 0.962 bits per heavy atom. The van der Waals surface area contributed by atoms with Gasteiger partial charge in [-0.25, -0.2) is 0 Å². The Kier molecular flexibility index (Phi) is 5.58. The van der Waals surface area contributed by atoms with Crippen LogP contribution in [0.4, 0.5) is 0 Å². The molecule has 132 valence electrons. The second-order valence-electron chi connectivity index (χ2n) is 6.53. The summed E-state index contributed by atoms with van der Waals surface area (Å²) in [6, 6.07) is 21.8. The van der Waals surface area contributed by atoms with Crippen molar-refractivity contribution in [1.82, 2.24) is 4.57 Å². The number of rotatable bonds is 5. The fraction of sp³-hybridized carbons (Fsp3) is 0.200. The molecule has 26 heavy (non-hydrogen) atoms. The third-order valence-corrected chi connectivity index (χ3v) is 4.74. The molecule has 0 atom stereocenters. The lowest BCUT2D eigenvalue weighted by atomic mass is 10.0. The fourth-order valence-electron chi connectivity index (χ4n) is 3.55. The van der Waals surface area contributed by atoms with Gasteiger partial charge in [0.15, 0.2) is 0 Å². The zero-order valence-electron chi connectivity index (χ0n) is 16.2. The lowest BCUT2D eigenvalue weighted by molar-refractivity contribution is 0.926. The van der Waals surface area contributed by atoms with Crippen LogP contribution in [-0.2, 0) is 6.42 Å². The predicted molar refractivity (Wildman–Crippen MR) is 114 cm³/mol. The Balaban J connectivity index is 2.34. The molecule has 1 nitrogen and oxygen atoms in total. The van der Waals surface area contributed by atoms with Gasteiger partial charge < -0.3 is 4.57 Å². The van der Waals surface area contributed by atoms with Crippen LogP contribution in [0.15, 0.2) is 78.9 Å². The van der Waals surface area contributed by atoms with E-state index < -0.39 is 0 Å². The molecule has 0 aliphatic rings. The van der Waals surface area contributed by atoms with Crippen molar-refractivity contribution >= 4 is 5.57 Å². The smallest absolute Gasteiger partial charge is 0.0534 e. The summed E-state index contributed by atoms with van der Waals surface area (Å²) >= 11 is 0. The highest BCUT2D eigenvalue weighted by Gasteiger charge is 2.18. The summed E-state index contributed by atoms with van der Waals surface area (Å²) in [5.41, 5.74) is 8.92. The molecular formula is C25H27N. The third kappa shape index (κ3) is 3.43. The lowest BCUT2D eigenvalue weighted by Crippen LogP contribution is -2.04. The Bertz CT molecular complexity index is 940. The molecule has 1 aromatic heterocycles. The standard InChI is InChI=1S/C25H27N/c1-5-12-20(6-2)25-18-23(21-14-9-8-10-15-21)24(7-3)26(25)22-16-11-13-19(4)17-22/h5-6,8-18H,7H2,1-4H3/b12-5-,20-6+. The van der Waals surface area contributed by atoms with Crippen LogP contribution >= 0.6 is 0 Å². The zero-order chi connectivity index (χ0) is 18.5. The molecule has 1 heterocycles. The van der Waals surface area contributed by atoms with Crippen LogP contribution in [0.1, 0.15) is 37.7 Å². The molecule has 0 bridgehead atoms. The van der Waals surface area contributed by atoms with Crippen LogP contribution in [0, 0.1) is 6.92 Å². The Morgan fingerprint density at radius 3 is 2.35 bits per heavy atom. The van der Waals surface area contributed by atoms with Crippen molar-refractivity contribution in [3.63, 3.8) is 0 Å². The fourth-order valence-corrected chi connectivity index (χ4v) is 3.55. The van der Waals surface area contributed by atoms with Crippen molar-refractivity contribution in [3.05, 3.63) is 95.8 Å². The average Bonchev–Trinajstić information content (AvgIpc) is 3.06. The van der Waals surface area contributed by atoms with E-state index in [0.29, 0.717) is 0 Å². The highest BCUT2D eigenvalue weighted by Crippen LogP contribution is 2.34. The van der Waals surface area contributed by atoms with E-state index in [1.807, 2.05) is 0 Å². The number of aromatic nitrogens is 1. The van der Waals surface area contributed by atoms with E-state index in [9.17, 15) is 0 Å². The van der Waals surface area contributed by atoms with Crippen molar-refractivity contribution in [3.8, 4) is 16.8 Å². The van der Waals surface area contributed by atoms with Crippen molar-refractivity contribution in [2.75, 3.05) is 0 Å². The van der Waals surface area contributed by atoms with Gasteiger partial charge in [-0.2, -0.15) is 0 Å². The SMILES string of the molecule is C/C=C\C(=C/C)c1cc(-c2ccccc2)c(CC)n1-c1cccc(C)c1. The maximum Gasteiger partial charge on any atom is 0.0534 e. The van der Waals surface area contributed by atoms with Crippen LogP contribution in [0.5, 0.6) is 0 Å². The van der Waals surface area contributed by atoms with Gasteiger partial charge in [-0.3, -0.25) is 0 Å². The van der Waals surface area contributed by atoms with Gasteiger partial charge in [0, 0.05) is 16.9 Å². The first-order valence-electron chi connectivity index (χ1n) is 9.36. The van der Waals surface area contributed by atoms with E-state index in [1.54, 1.807) is 0 Å². The number of allylic oxidation sites excluding steroid dienone is 4. The monoisotopic (exact) mass is 341 g/mol. The van der Waals surface area contributed by atoms with Crippen LogP contribution in [0.2, 0.25) is 0 Å². The number of benzene rings is 2. The van der Waals surface area contributed by atoms with Crippen LogP contribution in [-0.4, -0.2) is 4.57 Å². The Hall–Kier alpha value is -2.80. The minimum atomic E-state index is 0.977. The molecular weight excluding hydrogens is 314 g/mol. The first-order chi connectivity index (χ1) is 12.7. The minimum absolute atomic E-state index is 0.977. The predicted octanol–water partition coefficient (Wildman–Crippen LogP) is 6.99. The summed E-state index contributed by atoms with van der Waals surface area (Å²) in [6.45, 7) is 8.57. The van der Waals surface area contributed by atoms with E-state index in [2.05, 4.69) is 111 Å². The highest BCUT2D eigenvalue weighted by molar-refractivity contribution is 5.80. The van der Waals surface area contributed by atoms with E-state index in [1.165, 1.54) is 39.3 Å². The maximum absolute atomic E-state index is 2.42. The molecule has 2 aromatic carbocycles. The van der Waals surface area contributed by atoms with E-state index in [4.69, 9.17) is 0 Å². The summed E-state index contributed by atoms with van der Waals surface area (Å²) in [7, 11) is 0. The van der Waals surface area contributed by atoms with Gasteiger partial charge in [-0.05, 0) is 62.1 Å². The Labute approximate surface area is 157 Å². The molecule has 0 saturated carbocycles. The molecule has 1 heteroatoms. The number of aryl methyl sites for hydroxylation is 1. The summed E-state index contributed by atoms with van der Waals surface area (Å²) in [6.07, 6.45) is 7.47. The molecule has 0 saturated heterocycles. The summed E-state index contributed by atoms with van der Waals surface area (Å²) in [4.78, 5) is 0. The van der Waals surface area contributed by atoms with Gasteiger partial charge >= 0.3 is 0 Å². The van der Waals surface area contributed by atoms with Gasteiger partial charge in [-0.15, -0.1) is 0 Å². The molecule has 0 N–H and O–H groups in total. The van der Waals surface area contributed by atoms with Gasteiger partial charge in [0.2, 0.25) is 0 Å². The Morgan fingerprint density at radius 2 is 1.73 bits per heavy atom. The number of hydrogen-bond donors (Lipinski definition) is 0. The lowest BCUT2D eigenvalue weighted by Gasteiger charge is -2.15. The van der Waals surface area contributed by atoms with Crippen molar-refractivity contribution in [2.24, 2.45) is 0 Å². The maximum atomic E-state index is 2.42. The molecule has 3 rings (SSSR count). The van der Waals surface area contributed by atoms with Crippen LogP contribution < -0.4 is 0 Å². The second-order valence-corrected chi connectivity index (χ2v) is 6.53. The third-order valence-electron chi connectivity index (χ3n) is 4.74. The van der Waals surface area contributed by atoms with Crippen molar-refractivity contribution in [1.29, 1.82) is 0 Å². The van der Waals surface area contributed by atoms with E-state index in [-0.39, 0.29) is 0 Å². The minimum Gasteiger partial charge on any atom is -0.313 e. The number of nitrogens with zero attached hydrogens (tertiary/aromatic N) is 1. The molecule has 0 radical (unpaired) electrons. The van der Waals surface area contributed by atoms with E-state index in [0.717, 1.165) is 6.42 Å². The largest absolute Gasteiger partial charge is 0.313 e. The quantitative estimate of drug-likeness (QED) is 0.440. The molecule has 0 aliphatic carbocycles. The zero-order valence-corrected chi connectivity index (χ0v) is 16.2. The molecule has 0 aliphatic heterocycles. The molecule has 0 unspecified atom stereocenters. The van der Waals surface area contributed by atoms with E-state index >= 15 is 0 Å². The topological polar surface area (TPSA) is 4.93 Å². The first kappa shape index (κ1) is 18.0. The second kappa shape index (κ2) is 8.05. The molecule has 0 amide bonds. The van der Waals surface area contributed by atoms with Gasteiger partial charge in [-0.1, -0.05) is 67.6 Å². The first-order valence-corrected chi connectivity index (χ1v) is 9.36. The summed E-state index contributed by atoms with van der Waals surface area (Å²) < 4.78 is 2.42. The van der Waals surface area contributed by atoms with Crippen LogP contribution in [0.25, 0.3) is 22.4 Å². The van der Waals surface area contributed by atoms with Gasteiger partial charge in [0.25, 0.3) is 0 Å². The summed E-state index contributed by atoms with van der Waals surface area (Å²) in [5.74, 6) is 0. The van der Waals surface area contributed by atoms with Crippen LogP contribution in [0.3, 0.4) is 0 Å². The molecule has 3 aromatic rings. The number of hydrogen-bond acceptors (Lipinski definition) is 0. The summed E-state index contributed by atoms with van der Waals surface area (Å²) in [5, 5.41) is 0. The van der Waals surface area contributed by atoms with Crippen molar-refractivity contribution in [2.45, 2.75) is 34.1 Å².